The maximum atomic E-state index is 10.5. The number of carbonyl (C=O) groups is 1. The zero-order chi connectivity index (χ0) is 12.1. The second-order valence-corrected chi connectivity index (χ2v) is 4.41. The zero-order valence-electron chi connectivity index (χ0n) is 9.75. The first-order valence-electron chi connectivity index (χ1n) is 5.99. The summed E-state index contributed by atoms with van der Waals surface area (Å²) in [4.78, 5) is 21.1. The average Bonchev–Trinajstić information content (AvgIpc) is 2.38. The number of carboxylic acids is 1. The fourth-order valence-corrected chi connectivity index (χ4v) is 2.20. The predicted molar refractivity (Wildman–Crippen MR) is 63.8 cm³/mol. The minimum atomic E-state index is -0.696. The second-order valence-electron chi connectivity index (χ2n) is 4.41. The topological polar surface area (TPSA) is 66.3 Å². The monoisotopic (exact) mass is 235 g/mol. The van der Waals surface area contributed by atoms with Crippen molar-refractivity contribution in [3.63, 3.8) is 0 Å². The molecular weight excluding hydrogens is 218 g/mol. The molecule has 0 aliphatic carbocycles. The number of aromatic nitrogens is 2. The van der Waals surface area contributed by atoms with Gasteiger partial charge in [-0.2, -0.15) is 0 Å². The third-order valence-electron chi connectivity index (χ3n) is 3.22. The maximum absolute atomic E-state index is 10.5. The molecule has 1 aliphatic heterocycles. The van der Waals surface area contributed by atoms with Crippen LogP contribution in [0.4, 0.5) is 5.95 Å². The quantitative estimate of drug-likeness (QED) is 0.857. The Hall–Kier alpha value is -1.65. The number of rotatable bonds is 4. The molecule has 0 amide bonds. The van der Waals surface area contributed by atoms with Crippen molar-refractivity contribution in [1.29, 1.82) is 0 Å². The van der Waals surface area contributed by atoms with Crippen molar-refractivity contribution < 1.29 is 9.90 Å². The van der Waals surface area contributed by atoms with Gasteiger partial charge in [0.05, 0.1) is 0 Å². The summed E-state index contributed by atoms with van der Waals surface area (Å²) >= 11 is 0. The van der Waals surface area contributed by atoms with Crippen molar-refractivity contribution in [3.05, 3.63) is 18.5 Å². The number of piperidine rings is 1. The lowest BCUT2D eigenvalue weighted by molar-refractivity contribution is -0.137. The maximum Gasteiger partial charge on any atom is 0.303 e. The Labute approximate surface area is 100 Å². The molecule has 0 atom stereocenters. The van der Waals surface area contributed by atoms with E-state index in [-0.39, 0.29) is 6.42 Å². The van der Waals surface area contributed by atoms with E-state index in [1.807, 2.05) is 6.07 Å². The Kier molecular flexibility index (Phi) is 3.90. The highest BCUT2D eigenvalue weighted by Gasteiger charge is 2.21. The van der Waals surface area contributed by atoms with Crippen LogP contribution in [0.1, 0.15) is 25.7 Å². The highest BCUT2D eigenvalue weighted by atomic mass is 16.4. The summed E-state index contributed by atoms with van der Waals surface area (Å²) in [6.07, 6.45) is 6.64. The molecule has 0 saturated carbocycles. The number of aliphatic carboxylic acids is 1. The Morgan fingerprint density at radius 2 is 2.00 bits per heavy atom. The lowest BCUT2D eigenvalue weighted by Gasteiger charge is -2.31. The number of hydrogen-bond donors (Lipinski definition) is 1. The van der Waals surface area contributed by atoms with Gasteiger partial charge in [-0.3, -0.25) is 4.79 Å². The molecular formula is C12H17N3O2. The van der Waals surface area contributed by atoms with Gasteiger partial charge >= 0.3 is 5.97 Å². The molecule has 0 bridgehead atoms. The summed E-state index contributed by atoms with van der Waals surface area (Å²) in [6, 6.07) is 1.81. The molecule has 1 saturated heterocycles. The van der Waals surface area contributed by atoms with Crippen LogP contribution in [0.2, 0.25) is 0 Å². The molecule has 2 rings (SSSR count). The largest absolute Gasteiger partial charge is 0.481 e. The van der Waals surface area contributed by atoms with Gasteiger partial charge in [0.1, 0.15) is 0 Å². The fraction of sp³-hybridized carbons (Fsp3) is 0.583. The van der Waals surface area contributed by atoms with E-state index >= 15 is 0 Å². The summed E-state index contributed by atoms with van der Waals surface area (Å²) in [5, 5.41) is 8.64. The first kappa shape index (κ1) is 11.8. The third-order valence-corrected chi connectivity index (χ3v) is 3.22. The lowest BCUT2D eigenvalue weighted by atomic mass is 9.92. The Balaban J connectivity index is 1.80. The number of anilines is 1. The van der Waals surface area contributed by atoms with Crippen LogP contribution in [0.5, 0.6) is 0 Å². The van der Waals surface area contributed by atoms with E-state index in [0.717, 1.165) is 38.3 Å². The molecule has 1 N–H and O–H groups in total. The van der Waals surface area contributed by atoms with Crippen LogP contribution < -0.4 is 4.90 Å². The fourth-order valence-electron chi connectivity index (χ4n) is 2.20. The molecule has 0 unspecified atom stereocenters. The Morgan fingerprint density at radius 3 is 2.59 bits per heavy atom. The van der Waals surface area contributed by atoms with Gasteiger partial charge in [0.25, 0.3) is 0 Å². The van der Waals surface area contributed by atoms with E-state index in [2.05, 4.69) is 14.9 Å². The molecule has 2 heterocycles. The van der Waals surface area contributed by atoms with Gasteiger partial charge in [0.2, 0.25) is 5.95 Å². The van der Waals surface area contributed by atoms with E-state index in [9.17, 15) is 4.79 Å². The normalized spacial score (nSPS) is 17.1. The number of carboxylic acid groups (broad SMARTS) is 1. The average molecular weight is 235 g/mol. The summed E-state index contributed by atoms with van der Waals surface area (Å²) in [6.45, 7) is 1.85. The van der Waals surface area contributed by atoms with Crippen LogP contribution in [-0.2, 0) is 4.79 Å². The molecule has 92 valence electrons. The van der Waals surface area contributed by atoms with E-state index in [1.165, 1.54) is 0 Å². The summed E-state index contributed by atoms with van der Waals surface area (Å²) < 4.78 is 0. The first-order chi connectivity index (χ1) is 8.25. The van der Waals surface area contributed by atoms with Crippen LogP contribution in [0.3, 0.4) is 0 Å². The van der Waals surface area contributed by atoms with Gasteiger partial charge in [0.15, 0.2) is 0 Å². The third kappa shape index (κ3) is 3.41. The van der Waals surface area contributed by atoms with Crippen LogP contribution >= 0.6 is 0 Å². The number of nitrogens with zero attached hydrogens (tertiary/aromatic N) is 3. The molecule has 1 aromatic heterocycles. The summed E-state index contributed by atoms with van der Waals surface area (Å²) in [5.74, 6) is 0.620. The molecule has 17 heavy (non-hydrogen) atoms. The van der Waals surface area contributed by atoms with E-state index in [1.54, 1.807) is 12.4 Å². The predicted octanol–water partition coefficient (Wildman–Crippen LogP) is 1.56. The first-order valence-corrected chi connectivity index (χ1v) is 5.99. The van der Waals surface area contributed by atoms with Crippen LogP contribution in [0.25, 0.3) is 0 Å². The van der Waals surface area contributed by atoms with Crippen molar-refractivity contribution >= 4 is 11.9 Å². The van der Waals surface area contributed by atoms with Gasteiger partial charge in [-0.25, -0.2) is 9.97 Å². The zero-order valence-corrected chi connectivity index (χ0v) is 9.75. The second kappa shape index (κ2) is 5.61. The lowest BCUT2D eigenvalue weighted by Crippen LogP contribution is -2.34. The highest BCUT2D eigenvalue weighted by Crippen LogP contribution is 2.23. The van der Waals surface area contributed by atoms with Gasteiger partial charge in [0, 0.05) is 31.9 Å². The summed E-state index contributed by atoms with van der Waals surface area (Å²) in [5.41, 5.74) is 0. The molecule has 1 aliphatic rings. The van der Waals surface area contributed by atoms with E-state index in [0.29, 0.717) is 5.92 Å². The molecule has 0 aromatic carbocycles. The van der Waals surface area contributed by atoms with Crippen molar-refractivity contribution in [2.75, 3.05) is 18.0 Å². The Morgan fingerprint density at radius 1 is 1.35 bits per heavy atom. The van der Waals surface area contributed by atoms with Crippen molar-refractivity contribution in [3.8, 4) is 0 Å². The SMILES string of the molecule is O=C(O)CCC1CCN(c2ncccn2)CC1. The highest BCUT2D eigenvalue weighted by molar-refractivity contribution is 5.66. The minimum absolute atomic E-state index is 0.284. The molecule has 5 nitrogen and oxygen atoms in total. The Bertz CT molecular complexity index is 361. The molecule has 1 fully saturated rings. The van der Waals surface area contributed by atoms with Crippen molar-refractivity contribution in [2.45, 2.75) is 25.7 Å². The van der Waals surface area contributed by atoms with E-state index in [4.69, 9.17) is 5.11 Å². The van der Waals surface area contributed by atoms with Crippen LogP contribution in [0.15, 0.2) is 18.5 Å². The van der Waals surface area contributed by atoms with Gasteiger partial charge in [-0.1, -0.05) is 0 Å². The number of hydrogen-bond acceptors (Lipinski definition) is 4. The molecule has 1 aromatic rings. The van der Waals surface area contributed by atoms with Gasteiger partial charge in [-0.15, -0.1) is 0 Å². The van der Waals surface area contributed by atoms with Crippen molar-refractivity contribution in [2.24, 2.45) is 5.92 Å². The molecule has 5 heteroatoms. The smallest absolute Gasteiger partial charge is 0.303 e. The summed E-state index contributed by atoms with van der Waals surface area (Å²) in [7, 11) is 0. The van der Waals surface area contributed by atoms with Gasteiger partial charge < -0.3 is 10.0 Å². The van der Waals surface area contributed by atoms with E-state index < -0.39 is 5.97 Å². The standard InChI is InChI=1S/C12H17N3O2/c16-11(17)3-2-10-4-8-15(9-5-10)12-13-6-1-7-14-12/h1,6-7,10H,2-5,8-9H2,(H,16,17). The van der Waals surface area contributed by atoms with Crippen LogP contribution in [-0.4, -0.2) is 34.1 Å². The molecule has 0 spiro atoms. The molecule has 0 radical (unpaired) electrons. The van der Waals surface area contributed by atoms with Gasteiger partial charge in [-0.05, 0) is 31.2 Å². The van der Waals surface area contributed by atoms with Crippen molar-refractivity contribution in [1.82, 2.24) is 9.97 Å². The minimum Gasteiger partial charge on any atom is -0.481 e. The van der Waals surface area contributed by atoms with Crippen LogP contribution in [0, 0.1) is 5.92 Å².